The molecule has 2 aromatic rings. The largest absolute Gasteiger partial charge is 0.346 e. The van der Waals surface area contributed by atoms with Crippen molar-refractivity contribution in [1.82, 2.24) is 9.88 Å². The van der Waals surface area contributed by atoms with Crippen molar-refractivity contribution in [2.24, 2.45) is 13.0 Å². The summed E-state index contributed by atoms with van der Waals surface area (Å²) in [6, 6.07) is 4.12. The Morgan fingerprint density at radius 3 is 2.24 bits per heavy atom. The van der Waals surface area contributed by atoms with Gasteiger partial charge in [0.25, 0.3) is 17.6 Å². The van der Waals surface area contributed by atoms with Gasteiger partial charge in [-0.2, -0.15) is 0 Å². The zero-order valence-electron chi connectivity index (χ0n) is 19.7. The quantitative estimate of drug-likeness (QED) is 0.512. The molecule has 1 saturated carbocycles. The Bertz CT molecular complexity index is 1130. The summed E-state index contributed by atoms with van der Waals surface area (Å²) in [6.45, 7) is 6.52. The number of ketones is 2. The smallest absolute Gasteiger partial charge is 0.294 e. The molecule has 1 aromatic carbocycles. The number of carbonyl (C=O) groups excluding carboxylic acids is 4. The van der Waals surface area contributed by atoms with Crippen molar-refractivity contribution < 1.29 is 23.6 Å². The Morgan fingerprint density at radius 1 is 1.03 bits per heavy atom. The first kappa shape index (κ1) is 24.4. The van der Waals surface area contributed by atoms with Crippen LogP contribution in [0.25, 0.3) is 0 Å². The topological polar surface area (TPSA) is 97.3 Å². The molecule has 0 saturated heterocycles. The number of aryl methyl sites for hydroxylation is 1. The van der Waals surface area contributed by atoms with Gasteiger partial charge in [-0.3, -0.25) is 19.2 Å². The van der Waals surface area contributed by atoms with Gasteiger partial charge in [-0.25, -0.2) is 4.39 Å². The molecule has 1 aliphatic rings. The van der Waals surface area contributed by atoms with Crippen molar-refractivity contribution in [3.63, 3.8) is 0 Å². The van der Waals surface area contributed by atoms with Crippen LogP contribution in [0.3, 0.4) is 0 Å². The number of anilines is 1. The lowest BCUT2D eigenvalue weighted by Gasteiger charge is -2.27. The van der Waals surface area contributed by atoms with Crippen molar-refractivity contribution in [2.45, 2.75) is 59.4 Å². The third kappa shape index (κ3) is 5.05. The van der Waals surface area contributed by atoms with Gasteiger partial charge in [-0.15, -0.1) is 0 Å². The fourth-order valence-corrected chi connectivity index (χ4v) is 4.55. The molecular weight excluding hydrogens is 425 g/mol. The Hall–Kier alpha value is -3.29. The monoisotopic (exact) mass is 455 g/mol. The van der Waals surface area contributed by atoms with E-state index in [2.05, 4.69) is 10.6 Å². The van der Waals surface area contributed by atoms with Gasteiger partial charge in [0.1, 0.15) is 11.6 Å². The van der Waals surface area contributed by atoms with Gasteiger partial charge in [-0.1, -0.05) is 0 Å². The van der Waals surface area contributed by atoms with Gasteiger partial charge in [0.2, 0.25) is 0 Å². The minimum atomic E-state index is -0.717. The fraction of sp³-hybridized carbons (Fsp3) is 0.440. The van der Waals surface area contributed by atoms with Crippen molar-refractivity contribution in [3.8, 4) is 0 Å². The summed E-state index contributed by atoms with van der Waals surface area (Å²) < 4.78 is 15.1. The lowest BCUT2D eigenvalue weighted by Crippen LogP contribution is -2.42. The maximum atomic E-state index is 13.5. The molecule has 0 bridgehead atoms. The van der Waals surface area contributed by atoms with E-state index in [1.807, 2.05) is 0 Å². The number of nitrogens with one attached hydrogen (secondary N) is 2. The van der Waals surface area contributed by atoms with E-state index in [4.69, 9.17) is 0 Å². The average molecular weight is 456 g/mol. The molecule has 1 fully saturated rings. The van der Waals surface area contributed by atoms with E-state index in [1.54, 1.807) is 39.3 Å². The van der Waals surface area contributed by atoms with Crippen LogP contribution in [0.4, 0.5) is 10.1 Å². The first-order valence-electron chi connectivity index (χ1n) is 11.1. The van der Waals surface area contributed by atoms with E-state index in [0.29, 0.717) is 53.8 Å². The van der Waals surface area contributed by atoms with Gasteiger partial charge in [0.05, 0.1) is 11.3 Å². The molecule has 0 radical (unpaired) electrons. The molecule has 2 N–H and O–H groups in total. The Morgan fingerprint density at radius 2 is 1.67 bits per heavy atom. The summed E-state index contributed by atoms with van der Waals surface area (Å²) in [5.74, 6) is -2.04. The minimum Gasteiger partial charge on any atom is -0.346 e. The Labute approximate surface area is 192 Å². The number of halogens is 1. The molecule has 33 heavy (non-hydrogen) atoms. The zero-order valence-corrected chi connectivity index (χ0v) is 19.7. The first-order chi connectivity index (χ1) is 15.5. The summed E-state index contributed by atoms with van der Waals surface area (Å²) in [5.41, 5.74) is 2.25. The number of aromatic nitrogens is 1. The second-order valence-corrected chi connectivity index (χ2v) is 8.87. The number of hydrogen-bond acceptors (Lipinski definition) is 4. The summed E-state index contributed by atoms with van der Waals surface area (Å²) >= 11 is 0. The molecule has 1 heterocycles. The highest BCUT2D eigenvalue weighted by molar-refractivity contribution is 6.43. The third-order valence-electron chi connectivity index (χ3n) is 6.63. The van der Waals surface area contributed by atoms with Crippen LogP contribution in [-0.4, -0.2) is 34.0 Å². The number of hydrogen-bond donors (Lipinski definition) is 2. The van der Waals surface area contributed by atoms with Crippen LogP contribution in [0.1, 0.15) is 70.3 Å². The fourth-order valence-electron chi connectivity index (χ4n) is 4.55. The van der Waals surface area contributed by atoms with Crippen LogP contribution < -0.4 is 10.6 Å². The highest BCUT2D eigenvalue weighted by Crippen LogP contribution is 2.26. The second-order valence-electron chi connectivity index (χ2n) is 8.87. The summed E-state index contributed by atoms with van der Waals surface area (Å²) in [7, 11) is 1.64. The van der Waals surface area contributed by atoms with Gasteiger partial charge in [0, 0.05) is 30.4 Å². The van der Waals surface area contributed by atoms with E-state index in [1.165, 1.54) is 18.2 Å². The minimum absolute atomic E-state index is 0.0255. The molecule has 176 valence electrons. The number of amides is 2. The van der Waals surface area contributed by atoms with Crippen LogP contribution in [0.15, 0.2) is 18.2 Å². The molecule has 0 unspecified atom stereocenters. The van der Waals surface area contributed by atoms with Crippen molar-refractivity contribution in [1.29, 1.82) is 0 Å². The van der Waals surface area contributed by atoms with E-state index >= 15 is 0 Å². The molecule has 0 aliphatic heterocycles. The molecule has 3 rings (SSSR count). The molecule has 8 heteroatoms. The molecule has 2 amide bonds. The SMILES string of the molecule is CC(=O)C1CCC(NC(=O)C(=O)c2c(C)c(C(=O)Nc3ccc(F)c(C)c3)c(C)n2C)CC1. The Kier molecular flexibility index (Phi) is 7.15. The number of rotatable bonds is 6. The van der Waals surface area contributed by atoms with E-state index < -0.39 is 17.6 Å². The highest BCUT2D eigenvalue weighted by atomic mass is 19.1. The predicted molar refractivity (Wildman–Crippen MR) is 123 cm³/mol. The molecule has 7 nitrogen and oxygen atoms in total. The highest BCUT2D eigenvalue weighted by Gasteiger charge is 2.31. The van der Waals surface area contributed by atoms with Gasteiger partial charge < -0.3 is 15.2 Å². The van der Waals surface area contributed by atoms with Crippen molar-refractivity contribution in [3.05, 3.63) is 52.1 Å². The summed E-state index contributed by atoms with van der Waals surface area (Å²) in [5, 5.41) is 5.53. The van der Waals surface area contributed by atoms with Gasteiger partial charge >= 0.3 is 0 Å². The van der Waals surface area contributed by atoms with Crippen LogP contribution in [0.2, 0.25) is 0 Å². The lowest BCUT2D eigenvalue weighted by molar-refractivity contribution is -0.121. The third-order valence-corrected chi connectivity index (χ3v) is 6.63. The van der Waals surface area contributed by atoms with E-state index in [0.717, 1.165) is 0 Å². The maximum absolute atomic E-state index is 13.5. The zero-order chi connectivity index (χ0) is 24.4. The number of benzene rings is 1. The maximum Gasteiger partial charge on any atom is 0.294 e. The van der Waals surface area contributed by atoms with Gasteiger partial charge in [0.15, 0.2) is 0 Å². The molecule has 1 aromatic heterocycles. The summed E-state index contributed by atoms with van der Waals surface area (Å²) in [4.78, 5) is 50.2. The average Bonchev–Trinajstić information content (AvgIpc) is 2.98. The molecule has 1 aliphatic carbocycles. The predicted octanol–water partition coefficient (Wildman–Crippen LogP) is 3.79. The number of carbonyl (C=O) groups is 4. The van der Waals surface area contributed by atoms with E-state index in [-0.39, 0.29) is 29.3 Å². The van der Waals surface area contributed by atoms with Crippen LogP contribution in [-0.2, 0) is 16.6 Å². The van der Waals surface area contributed by atoms with Crippen LogP contribution >= 0.6 is 0 Å². The standard InChI is InChI=1S/C25H30FN3O4/c1-13-12-19(10-11-20(13)26)28-24(32)21-14(2)22(29(5)15(21)3)23(31)25(33)27-18-8-6-17(7-9-18)16(4)30/h10-12,17-18H,6-9H2,1-5H3,(H,27,33)(H,28,32). The molecular formula is C25H30FN3O4. The molecule has 0 atom stereocenters. The molecule has 0 spiro atoms. The number of Topliss-reactive ketones (excluding diaryl/α,β-unsaturated/α-hetero) is 2. The lowest BCUT2D eigenvalue weighted by atomic mass is 9.84. The van der Waals surface area contributed by atoms with Crippen molar-refractivity contribution >= 4 is 29.1 Å². The van der Waals surface area contributed by atoms with Crippen LogP contribution in [0.5, 0.6) is 0 Å². The van der Waals surface area contributed by atoms with Crippen molar-refractivity contribution in [2.75, 3.05) is 5.32 Å². The van der Waals surface area contributed by atoms with Crippen LogP contribution in [0, 0.1) is 32.5 Å². The second kappa shape index (κ2) is 9.68. The normalized spacial score (nSPS) is 18.0. The number of nitrogens with zero attached hydrogens (tertiary/aromatic N) is 1. The first-order valence-corrected chi connectivity index (χ1v) is 11.1. The summed E-state index contributed by atoms with van der Waals surface area (Å²) in [6.07, 6.45) is 2.70. The Balaban J connectivity index is 1.76. The van der Waals surface area contributed by atoms with Gasteiger partial charge in [-0.05, 0) is 82.7 Å². The van der Waals surface area contributed by atoms with E-state index in [9.17, 15) is 23.6 Å².